The molecule has 0 aliphatic heterocycles. The maximum Gasteiger partial charge on any atom is 0.251 e. The Hall–Kier alpha value is -3.13. The number of hydrogen-bond acceptors (Lipinski definition) is 5. The molecule has 1 heterocycles. The molecule has 8 heteroatoms. The Morgan fingerprint density at radius 2 is 1.77 bits per heavy atom. The summed E-state index contributed by atoms with van der Waals surface area (Å²) in [5, 5.41) is 14.9. The van der Waals surface area contributed by atoms with Crippen LogP contribution < -0.4 is 10.6 Å². The van der Waals surface area contributed by atoms with E-state index in [9.17, 15) is 9.59 Å². The Labute approximate surface area is 186 Å². The number of aryl methyl sites for hydroxylation is 2. The van der Waals surface area contributed by atoms with Crippen LogP contribution in [0.15, 0.2) is 53.7 Å². The van der Waals surface area contributed by atoms with E-state index in [2.05, 4.69) is 27.8 Å². The number of nitrogens with zero attached hydrogens (tertiary/aromatic N) is 3. The molecular formula is C23H27N5O2S. The van der Waals surface area contributed by atoms with E-state index in [4.69, 9.17) is 0 Å². The standard InChI is InChI=1S/C23H27N5O2S/c1-4-17-8-6-7-9-19(17)25-21(29)15-31-23-27-26-20(28(23)5-2)14-24-22(30)18-12-10-16(3)11-13-18/h6-13H,4-5,14-15H2,1-3H3,(H,24,30)(H,25,29). The molecule has 0 fully saturated rings. The average Bonchev–Trinajstić information content (AvgIpc) is 3.18. The molecule has 0 aliphatic carbocycles. The van der Waals surface area contributed by atoms with Crippen molar-refractivity contribution in [3.8, 4) is 0 Å². The molecule has 0 bridgehead atoms. The molecule has 3 rings (SSSR count). The van der Waals surface area contributed by atoms with E-state index < -0.39 is 0 Å². The minimum atomic E-state index is -0.158. The van der Waals surface area contributed by atoms with Gasteiger partial charge < -0.3 is 15.2 Å². The van der Waals surface area contributed by atoms with Gasteiger partial charge in [-0.05, 0) is 44.0 Å². The first-order chi connectivity index (χ1) is 15.0. The van der Waals surface area contributed by atoms with Gasteiger partial charge in [0.1, 0.15) is 0 Å². The monoisotopic (exact) mass is 437 g/mol. The molecule has 1 aromatic heterocycles. The van der Waals surface area contributed by atoms with Crippen molar-refractivity contribution < 1.29 is 9.59 Å². The number of para-hydroxylation sites is 1. The van der Waals surface area contributed by atoms with Gasteiger partial charge in [-0.25, -0.2) is 0 Å². The molecule has 0 spiro atoms. The quantitative estimate of drug-likeness (QED) is 0.497. The largest absolute Gasteiger partial charge is 0.345 e. The summed E-state index contributed by atoms with van der Waals surface area (Å²) < 4.78 is 1.91. The van der Waals surface area contributed by atoms with E-state index in [1.807, 2.05) is 54.8 Å². The van der Waals surface area contributed by atoms with Crippen molar-refractivity contribution in [3.05, 3.63) is 71.0 Å². The van der Waals surface area contributed by atoms with Crippen molar-refractivity contribution >= 4 is 29.3 Å². The van der Waals surface area contributed by atoms with Crippen molar-refractivity contribution in [2.45, 2.75) is 45.4 Å². The zero-order valence-corrected chi connectivity index (χ0v) is 18.8. The highest BCUT2D eigenvalue weighted by molar-refractivity contribution is 7.99. The van der Waals surface area contributed by atoms with E-state index in [1.54, 1.807) is 12.1 Å². The lowest BCUT2D eigenvalue weighted by Gasteiger charge is -2.10. The van der Waals surface area contributed by atoms with Crippen molar-refractivity contribution in [2.75, 3.05) is 11.1 Å². The van der Waals surface area contributed by atoms with Crippen LogP contribution in [-0.4, -0.2) is 32.3 Å². The number of carbonyl (C=O) groups excluding carboxylic acids is 2. The average molecular weight is 438 g/mol. The topological polar surface area (TPSA) is 88.9 Å². The van der Waals surface area contributed by atoms with Crippen LogP contribution in [0.2, 0.25) is 0 Å². The number of rotatable bonds is 9. The van der Waals surface area contributed by atoms with Gasteiger partial charge in [-0.3, -0.25) is 9.59 Å². The molecule has 0 saturated heterocycles. The molecule has 0 atom stereocenters. The van der Waals surface area contributed by atoms with Gasteiger partial charge in [-0.2, -0.15) is 0 Å². The first-order valence-corrected chi connectivity index (χ1v) is 11.3. The van der Waals surface area contributed by atoms with Gasteiger partial charge in [0.05, 0.1) is 12.3 Å². The van der Waals surface area contributed by atoms with Crippen LogP contribution in [0.3, 0.4) is 0 Å². The van der Waals surface area contributed by atoms with Crippen LogP contribution in [-0.2, 0) is 24.3 Å². The van der Waals surface area contributed by atoms with Gasteiger partial charge in [0.2, 0.25) is 5.91 Å². The summed E-state index contributed by atoms with van der Waals surface area (Å²) in [6.07, 6.45) is 0.853. The van der Waals surface area contributed by atoms with Crippen LogP contribution in [0, 0.1) is 6.92 Å². The number of nitrogens with one attached hydrogen (secondary N) is 2. The third-order valence-corrected chi connectivity index (χ3v) is 5.80. The smallest absolute Gasteiger partial charge is 0.251 e. The highest BCUT2D eigenvalue weighted by Gasteiger charge is 2.15. The first-order valence-electron chi connectivity index (χ1n) is 10.3. The van der Waals surface area contributed by atoms with E-state index in [1.165, 1.54) is 11.8 Å². The highest BCUT2D eigenvalue weighted by atomic mass is 32.2. The number of amides is 2. The number of aromatic nitrogens is 3. The van der Waals surface area contributed by atoms with Gasteiger partial charge in [0.15, 0.2) is 11.0 Å². The number of thioether (sulfide) groups is 1. The second-order valence-electron chi connectivity index (χ2n) is 7.04. The SMILES string of the molecule is CCc1ccccc1NC(=O)CSc1nnc(CNC(=O)c2ccc(C)cc2)n1CC. The number of anilines is 1. The molecule has 0 radical (unpaired) electrons. The lowest BCUT2D eigenvalue weighted by molar-refractivity contribution is -0.113. The molecule has 0 aliphatic rings. The molecule has 2 aromatic carbocycles. The van der Waals surface area contributed by atoms with E-state index in [0.29, 0.717) is 23.1 Å². The third kappa shape index (κ3) is 5.95. The van der Waals surface area contributed by atoms with Crippen molar-refractivity contribution in [1.82, 2.24) is 20.1 Å². The van der Waals surface area contributed by atoms with Crippen molar-refractivity contribution in [1.29, 1.82) is 0 Å². The van der Waals surface area contributed by atoms with Crippen LogP contribution in [0.4, 0.5) is 5.69 Å². The zero-order chi connectivity index (χ0) is 22.2. The predicted octanol–water partition coefficient (Wildman–Crippen LogP) is 3.83. The van der Waals surface area contributed by atoms with Gasteiger partial charge in [0.25, 0.3) is 5.91 Å². The van der Waals surface area contributed by atoms with E-state index in [-0.39, 0.29) is 24.1 Å². The molecule has 7 nitrogen and oxygen atoms in total. The molecule has 0 saturated carbocycles. The first kappa shape index (κ1) is 22.6. The zero-order valence-electron chi connectivity index (χ0n) is 18.0. The Kier molecular flexibility index (Phi) is 7.83. The summed E-state index contributed by atoms with van der Waals surface area (Å²) in [7, 11) is 0. The summed E-state index contributed by atoms with van der Waals surface area (Å²) in [4.78, 5) is 24.8. The van der Waals surface area contributed by atoms with Gasteiger partial charge in [0, 0.05) is 17.8 Å². The molecule has 2 amide bonds. The molecule has 162 valence electrons. The van der Waals surface area contributed by atoms with Crippen LogP contribution in [0.25, 0.3) is 0 Å². The summed E-state index contributed by atoms with van der Waals surface area (Å²) in [6.45, 7) is 6.93. The molecule has 31 heavy (non-hydrogen) atoms. The number of hydrogen-bond donors (Lipinski definition) is 2. The predicted molar refractivity (Wildman–Crippen MR) is 123 cm³/mol. The maximum absolute atomic E-state index is 12.4. The molecular weight excluding hydrogens is 410 g/mol. The maximum atomic E-state index is 12.4. The van der Waals surface area contributed by atoms with Crippen molar-refractivity contribution in [3.63, 3.8) is 0 Å². The normalized spacial score (nSPS) is 10.7. The Bertz CT molecular complexity index is 1050. The molecule has 2 N–H and O–H groups in total. The minimum Gasteiger partial charge on any atom is -0.345 e. The fraction of sp³-hybridized carbons (Fsp3) is 0.304. The van der Waals surface area contributed by atoms with E-state index >= 15 is 0 Å². The molecule has 0 unspecified atom stereocenters. The fourth-order valence-electron chi connectivity index (χ4n) is 3.11. The van der Waals surface area contributed by atoms with Crippen LogP contribution >= 0.6 is 11.8 Å². The van der Waals surface area contributed by atoms with Crippen molar-refractivity contribution in [2.24, 2.45) is 0 Å². The van der Waals surface area contributed by atoms with Crippen LogP contribution in [0.1, 0.15) is 41.2 Å². The summed E-state index contributed by atoms with van der Waals surface area (Å²) >= 11 is 1.33. The Balaban J connectivity index is 1.57. The van der Waals surface area contributed by atoms with Gasteiger partial charge in [-0.1, -0.05) is 54.6 Å². The summed E-state index contributed by atoms with van der Waals surface area (Å²) in [5.41, 5.74) is 3.65. The second-order valence-corrected chi connectivity index (χ2v) is 7.98. The Morgan fingerprint density at radius 1 is 1.03 bits per heavy atom. The second kappa shape index (κ2) is 10.8. The van der Waals surface area contributed by atoms with Crippen LogP contribution in [0.5, 0.6) is 0 Å². The third-order valence-electron chi connectivity index (χ3n) is 4.84. The Morgan fingerprint density at radius 3 is 2.48 bits per heavy atom. The lowest BCUT2D eigenvalue weighted by Crippen LogP contribution is -2.24. The number of benzene rings is 2. The fourth-order valence-corrected chi connectivity index (χ4v) is 3.93. The van der Waals surface area contributed by atoms with E-state index in [0.717, 1.165) is 23.2 Å². The molecule has 3 aromatic rings. The lowest BCUT2D eigenvalue weighted by atomic mass is 10.1. The summed E-state index contributed by atoms with van der Waals surface area (Å²) in [5.74, 6) is 0.633. The summed E-state index contributed by atoms with van der Waals surface area (Å²) in [6, 6.07) is 15.2. The highest BCUT2D eigenvalue weighted by Crippen LogP contribution is 2.19. The van der Waals surface area contributed by atoms with Gasteiger partial charge in [-0.15, -0.1) is 10.2 Å². The van der Waals surface area contributed by atoms with Gasteiger partial charge >= 0.3 is 0 Å². The minimum absolute atomic E-state index is 0.0919. The number of carbonyl (C=O) groups is 2.